The van der Waals surface area contributed by atoms with E-state index >= 15 is 0 Å². The Hall–Kier alpha value is -3.74. The van der Waals surface area contributed by atoms with Gasteiger partial charge in [0, 0.05) is 53.4 Å². The third-order valence-electron chi connectivity index (χ3n) is 6.67. The number of hydrogen-bond acceptors (Lipinski definition) is 5. The monoisotopic (exact) mass is 513 g/mol. The molecule has 0 aliphatic carbocycles. The second-order valence-electron chi connectivity index (χ2n) is 9.38. The number of para-hydroxylation sites is 1. The van der Waals surface area contributed by atoms with Gasteiger partial charge in [0.2, 0.25) is 0 Å². The molecule has 0 saturated carbocycles. The number of fused-ring (bicyclic) bond motifs is 2. The minimum Gasteiger partial charge on any atom is -0.449 e. The SMILES string of the molecule is Cc1ccc(NC(=O)C(C)OC(=O)c2c3c(nc4ccccc24)CCN(Cc2ccccc2)C3)cc1Cl. The Balaban J connectivity index is 1.40. The molecule has 4 aromatic rings. The number of nitrogens with one attached hydrogen (secondary N) is 1. The van der Waals surface area contributed by atoms with Crippen LogP contribution in [0.1, 0.15) is 39.7 Å². The maximum absolute atomic E-state index is 13.6. The highest BCUT2D eigenvalue weighted by Crippen LogP contribution is 2.30. The van der Waals surface area contributed by atoms with Crippen molar-refractivity contribution in [3.05, 3.63) is 106 Å². The molecule has 3 aromatic carbocycles. The first kappa shape index (κ1) is 24.9. The number of aryl methyl sites for hydroxylation is 1. The summed E-state index contributed by atoms with van der Waals surface area (Å²) in [6.07, 6.45) is -0.267. The Morgan fingerprint density at radius 3 is 2.62 bits per heavy atom. The molecule has 1 amide bonds. The number of anilines is 1. The van der Waals surface area contributed by atoms with Crippen molar-refractivity contribution in [3.8, 4) is 0 Å². The molecule has 1 atom stereocenters. The van der Waals surface area contributed by atoms with E-state index in [-0.39, 0.29) is 0 Å². The second-order valence-corrected chi connectivity index (χ2v) is 9.78. The van der Waals surface area contributed by atoms with Gasteiger partial charge >= 0.3 is 5.97 Å². The maximum atomic E-state index is 13.6. The van der Waals surface area contributed by atoms with Crippen molar-refractivity contribution in [3.63, 3.8) is 0 Å². The Morgan fingerprint density at radius 2 is 1.84 bits per heavy atom. The predicted octanol–water partition coefficient (Wildman–Crippen LogP) is 5.94. The number of pyridine rings is 1. The van der Waals surface area contributed by atoms with Gasteiger partial charge in [-0.25, -0.2) is 4.79 Å². The van der Waals surface area contributed by atoms with E-state index in [2.05, 4.69) is 22.3 Å². The highest BCUT2D eigenvalue weighted by molar-refractivity contribution is 6.31. The Labute approximate surface area is 221 Å². The third-order valence-corrected chi connectivity index (χ3v) is 7.08. The van der Waals surface area contributed by atoms with Crippen LogP contribution < -0.4 is 5.32 Å². The fraction of sp³-hybridized carbons (Fsp3) is 0.233. The lowest BCUT2D eigenvalue weighted by Crippen LogP contribution is -2.34. The predicted molar refractivity (Wildman–Crippen MR) is 146 cm³/mol. The van der Waals surface area contributed by atoms with Crippen molar-refractivity contribution >= 4 is 40.1 Å². The normalized spacial score (nSPS) is 14.1. The number of carbonyl (C=O) groups excluding carboxylic acids is 2. The topological polar surface area (TPSA) is 71.5 Å². The summed E-state index contributed by atoms with van der Waals surface area (Å²) in [5.74, 6) is -0.952. The summed E-state index contributed by atoms with van der Waals surface area (Å²) in [5, 5.41) is 4.06. The van der Waals surface area contributed by atoms with Crippen molar-refractivity contribution in [2.24, 2.45) is 0 Å². The van der Waals surface area contributed by atoms with E-state index in [0.717, 1.165) is 47.2 Å². The molecule has 0 radical (unpaired) electrons. The minimum atomic E-state index is -1.00. The number of nitrogens with zero attached hydrogens (tertiary/aromatic N) is 2. The molecule has 0 bridgehead atoms. The van der Waals surface area contributed by atoms with Crippen molar-refractivity contribution < 1.29 is 14.3 Å². The van der Waals surface area contributed by atoms with Crippen LogP contribution in [0, 0.1) is 6.92 Å². The van der Waals surface area contributed by atoms with Crippen molar-refractivity contribution in [2.45, 2.75) is 39.5 Å². The standard InChI is InChI=1S/C30H28ClN3O3/c1-19-12-13-22(16-25(19)31)32-29(35)20(2)37-30(36)28-23-10-6-7-11-26(23)33-27-14-15-34(18-24(27)28)17-21-8-4-3-5-9-21/h3-13,16,20H,14-15,17-18H2,1-2H3,(H,32,35). The van der Waals surface area contributed by atoms with Crippen LogP contribution in [0.4, 0.5) is 5.69 Å². The number of aromatic nitrogens is 1. The van der Waals surface area contributed by atoms with Gasteiger partial charge < -0.3 is 10.1 Å². The fourth-order valence-electron chi connectivity index (χ4n) is 4.64. The quantitative estimate of drug-likeness (QED) is 0.323. The first-order valence-electron chi connectivity index (χ1n) is 12.3. The molecule has 1 aromatic heterocycles. The maximum Gasteiger partial charge on any atom is 0.339 e. The molecule has 6 nitrogen and oxygen atoms in total. The number of esters is 1. The zero-order valence-electron chi connectivity index (χ0n) is 20.8. The lowest BCUT2D eigenvalue weighted by atomic mass is 9.95. The van der Waals surface area contributed by atoms with Gasteiger partial charge in [-0.05, 0) is 43.2 Å². The largest absolute Gasteiger partial charge is 0.449 e. The van der Waals surface area contributed by atoms with E-state index in [0.29, 0.717) is 22.8 Å². The van der Waals surface area contributed by atoms with E-state index in [4.69, 9.17) is 21.3 Å². The molecule has 2 heterocycles. The summed E-state index contributed by atoms with van der Waals surface area (Å²) in [6, 6.07) is 23.1. The van der Waals surface area contributed by atoms with Crippen molar-refractivity contribution in [1.29, 1.82) is 0 Å². The van der Waals surface area contributed by atoms with Crippen LogP contribution in [0.15, 0.2) is 72.8 Å². The van der Waals surface area contributed by atoms with Gasteiger partial charge in [-0.15, -0.1) is 0 Å². The lowest BCUT2D eigenvalue weighted by molar-refractivity contribution is -0.123. The van der Waals surface area contributed by atoms with Gasteiger partial charge in [-0.1, -0.05) is 66.2 Å². The van der Waals surface area contributed by atoms with Crippen LogP contribution in [0.3, 0.4) is 0 Å². The van der Waals surface area contributed by atoms with Crippen LogP contribution in [0.5, 0.6) is 0 Å². The van der Waals surface area contributed by atoms with E-state index in [1.165, 1.54) is 5.56 Å². The van der Waals surface area contributed by atoms with Gasteiger partial charge in [0.1, 0.15) is 0 Å². The molecule has 0 spiro atoms. The highest BCUT2D eigenvalue weighted by Gasteiger charge is 2.28. The molecule has 1 aliphatic heterocycles. The van der Waals surface area contributed by atoms with Crippen molar-refractivity contribution in [1.82, 2.24) is 9.88 Å². The zero-order valence-corrected chi connectivity index (χ0v) is 21.6. The van der Waals surface area contributed by atoms with Crippen molar-refractivity contribution in [2.75, 3.05) is 11.9 Å². The Bertz CT molecular complexity index is 1470. The minimum absolute atomic E-state index is 0.425. The first-order valence-corrected chi connectivity index (χ1v) is 12.7. The number of halogens is 1. The Kier molecular flexibility index (Phi) is 7.22. The molecular formula is C30H28ClN3O3. The summed E-state index contributed by atoms with van der Waals surface area (Å²) in [6.45, 7) is 5.66. The number of rotatable bonds is 6. The number of amides is 1. The van der Waals surface area contributed by atoms with Gasteiger partial charge in [-0.3, -0.25) is 14.7 Å². The first-order chi connectivity index (χ1) is 17.9. The summed E-state index contributed by atoms with van der Waals surface area (Å²) in [5.41, 5.74) is 5.67. The molecule has 188 valence electrons. The molecule has 1 aliphatic rings. The second kappa shape index (κ2) is 10.7. The number of hydrogen-bond donors (Lipinski definition) is 1. The molecule has 0 saturated heterocycles. The molecule has 1 unspecified atom stereocenters. The molecule has 5 rings (SSSR count). The van der Waals surface area contributed by atoms with E-state index in [1.807, 2.05) is 55.5 Å². The Morgan fingerprint density at radius 1 is 1.08 bits per heavy atom. The van der Waals surface area contributed by atoms with Gasteiger partial charge in [0.15, 0.2) is 6.10 Å². The number of ether oxygens (including phenoxy) is 1. The summed E-state index contributed by atoms with van der Waals surface area (Å²) in [7, 11) is 0. The third kappa shape index (κ3) is 5.50. The number of benzene rings is 3. The number of carbonyl (C=O) groups is 2. The fourth-order valence-corrected chi connectivity index (χ4v) is 4.82. The highest BCUT2D eigenvalue weighted by atomic mass is 35.5. The lowest BCUT2D eigenvalue weighted by Gasteiger charge is -2.30. The van der Waals surface area contributed by atoms with E-state index < -0.39 is 18.0 Å². The molecular weight excluding hydrogens is 486 g/mol. The van der Waals surface area contributed by atoms with E-state index in [1.54, 1.807) is 19.1 Å². The van der Waals surface area contributed by atoms with E-state index in [9.17, 15) is 9.59 Å². The molecule has 7 heteroatoms. The molecule has 0 fully saturated rings. The average molecular weight is 514 g/mol. The smallest absolute Gasteiger partial charge is 0.339 e. The van der Waals surface area contributed by atoms with Crippen LogP contribution in [0.2, 0.25) is 5.02 Å². The zero-order chi connectivity index (χ0) is 25.9. The summed E-state index contributed by atoms with van der Waals surface area (Å²) >= 11 is 6.18. The van der Waals surface area contributed by atoms with Gasteiger partial charge in [0.25, 0.3) is 5.91 Å². The molecule has 1 N–H and O–H groups in total. The van der Waals surface area contributed by atoms with Crippen LogP contribution in [-0.2, 0) is 29.0 Å². The van der Waals surface area contributed by atoms with Crippen LogP contribution in [0.25, 0.3) is 10.9 Å². The summed E-state index contributed by atoms with van der Waals surface area (Å²) < 4.78 is 5.72. The van der Waals surface area contributed by atoms with Crippen LogP contribution in [-0.4, -0.2) is 34.4 Å². The summed E-state index contributed by atoms with van der Waals surface area (Å²) in [4.78, 5) is 33.6. The van der Waals surface area contributed by atoms with Gasteiger partial charge in [0.05, 0.1) is 11.1 Å². The van der Waals surface area contributed by atoms with Crippen LogP contribution >= 0.6 is 11.6 Å². The van der Waals surface area contributed by atoms with Gasteiger partial charge in [-0.2, -0.15) is 0 Å². The molecule has 37 heavy (non-hydrogen) atoms. The average Bonchev–Trinajstić information content (AvgIpc) is 2.90.